The predicted octanol–water partition coefficient (Wildman–Crippen LogP) is 2.78. The van der Waals surface area contributed by atoms with E-state index in [1.807, 2.05) is 0 Å². The van der Waals surface area contributed by atoms with Crippen LogP contribution in [0.4, 0.5) is 0 Å². The lowest BCUT2D eigenvalue weighted by Gasteiger charge is -2.00. The summed E-state index contributed by atoms with van der Waals surface area (Å²) in [4.78, 5) is 10.8. The summed E-state index contributed by atoms with van der Waals surface area (Å²) < 4.78 is 0. The van der Waals surface area contributed by atoms with Crippen LogP contribution in [0.3, 0.4) is 0 Å². The molecular formula is C10H6BrClO2. The Bertz CT molecular complexity index is 418. The SMILES string of the molecule is O=C(O)c1cccc(Cl)c1C#CCBr. The first-order chi connectivity index (χ1) is 6.66. The molecule has 0 amide bonds. The highest BCUT2D eigenvalue weighted by atomic mass is 79.9. The molecule has 0 aliphatic heterocycles. The quantitative estimate of drug-likeness (QED) is 0.631. The van der Waals surface area contributed by atoms with Crippen molar-refractivity contribution in [2.45, 2.75) is 0 Å². The maximum atomic E-state index is 10.8. The van der Waals surface area contributed by atoms with Crippen molar-refractivity contribution in [3.63, 3.8) is 0 Å². The topological polar surface area (TPSA) is 37.3 Å². The summed E-state index contributed by atoms with van der Waals surface area (Å²) in [5, 5.41) is 9.69. The largest absolute Gasteiger partial charge is 0.478 e. The number of aromatic carboxylic acids is 1. The van der Waals surface area contributed by atoms with Crippen LogP contribution in [0.5, 0.6) is 0 Å². The number of carbonyl (C=O) groups is 1. The third-order valence-corrected chi connectivity index (χ3v) is 2.12. The van der Waals surface area contributed by atoms with Crippen molar-refractivity contribution in [1.29, 1.82) is 0 Å². The number of rotatable bonds is 1. The van der Waals surface area contributed by atoms with Crippen molar-refractivity contribution >= 4 is 33.5 Å². The molecule has 1 aromatic carbocycles. The van der Waals surface area contributed by atoms with Crippen LogP contribution in [0.1, 0.15) is 15.9 Å². The Morgan fingerprint density at radius 3 is 2.86 bits per heavy atom. The van der Waals surface area contributed by atoms with E-state index in [1.165, 1.54) is 6.07 Å². The summed E-state index contributed by atoms with van der Waals surface area (Å²) in [6, 6.07) is 4.68. The number of alkyl halides is 1. The van der Waals surface area contributed by atoms with Crippen molar-refractivity contribution in [2.24, 2.45) is 0 Å². The van der Waals surface area contributed by atoms with Crippen LogP contribution in [-0.4, -0.2) is 16.4 Å². The molecule has 0 saturated heterocycles. The second-order valence-corrected chi connectivity index (χ2v) is 3.37. The van der Waals surface area contributed by atoms with Crippen LogP contribution < -0.4 is 0 Å². The number of halogens is 2. The Kier molecular flexibility index (Phi) is 3.99. The number of carboxylic acids is 1. The van der Waals surface area contributed by atoms with Crippen LogP contribution >= 0.6 is 27.5 Å². The maximum absolute atomic E-state index is 10.8. The van der Waals surface area contributed by atoms with Crippen molar-refractivity contribution in [1.82, 2.24) is 0 Å². The van der Waals surface area contributed by atoms with Gasteiger partial charge in [0.2, 0.25) is 0 Å². The molecule has 0 saturated carbocycles. The minimum absolute atomic E-state index is 0.131. The summed E-state index contributed by atoms with van der Waals surface area (Å²) >= 11 is 8.96. The Labute approximate surface area is 95.0 Å². The molecule has 1 N–H and O–H groups in total. The van der Waals surface area contributed by atoms with Crippen molar-refractivity contribution in [2.75, 3.05) is 5.33 Å². The van der Waals surface area contributed by atoms with Gasteiger partial charge in [-0.3, -0.25) is 0 Å². The van der Waals surface area contributed by atoms with E-state index >= 15 is 0 Å². The molecule has 0 heterocycles. The fourth-order valence-corrected chi connectivity index (χ4v) is 1.31. The highest BCUT2D eigenvalue weighted by Gasteiger charge is 2.10. The van der Waals surface area contributed by atoms with Gasteiger partial charge in [-0.15, -0.1) is 0 Å². The highest BCUT2D eigenvalue weighted by molar-refractivity contribution is 9.09. The molecule has 0 radical (unpaired) electrons. The Balaban J connectivity index is 3.29. The second-order valence-electron chi connectivity index (χ2n) is 2.40. The molecule has 0 bridgehead atoms. The van der Waals surface area contributed by atoms with Gasteiger partial charge >= 0.3 is 5.97 Å². The van der Waals surface area contributed by atoms with Gasteiger partial charge in [-0.1, -0.05) is 45.4 Å². The Hall–Kier alpha value is -0.980. The standard InChI is InChI=1S/C10H6BrClO2/c11-6-2-4-7-8(10(13)14)3-1-5-9(7)12/h1,3,5H,6H2,(H,13,14). The summed E-state index contributed by atoms with van der Waals surface area (Å²) in [5.74, 6) is 4.40. The lowest BCUT2D eigenvalue weighted by atomic mass is 10.1. The van der Waals surface area contributed by atoms with E-state index in [0.29, 0.717) is 15.9 Å². The summed E-state index contributed by atoms with van der Waals surface area (Å²) in [6.07, 6.45) is 0. The van der Waals surface area contributed by atoms with Crippen molar-refractivity contribution in [3.8, 4) is 11.8 Å². The Morgan fingerprint density at radius 2 is 2.29 bits per heavy atom. The van der Waals surface area contributed by atoms with Crippen molar-refractivity contribution in [3.05, 3.63) is 34.3 Å². The van der Waals surface area contributed by atoms with Gasteiger partial charge in [0, 0.05) is 0 Å². The second kappa shape index (κ2) is 5.04. The zero-order valence-electron chi connectivity index (χ0n) is 7.05. The lowest BCUT2D eigenvalue weighted by molar-refractivity contribution is 0.0696. The molecule has 0 spiro atoms. The van der Waals surface area contributed by atoms with Gasteiger partial charge in [0.25, 0.3) is 0 Å². The molecule has 0 fully saturated rings. The van der Waals surface area contributed by atoms with E-state index in [1.54, 1.807) is 12.1 Å². The fraction of sp³-hybridized carbons (Fsp3) is 0.100. The highest BCUT2D eigenvalue weighted by Crippen LogP contribution is 2.18. The zero-order chi connectivity index (χ0) is 10.6. The van der Waals surface area contributed by atoms with E-state index in [0.717, 1.165) is 0 Å². The molecule has 0 aliphatic rings. The van der Waals surface area contributed by atoms with E-state index in [4.69, 9.17) is 16.7 Å². The minimum Gasteiger partial charge on any atom is -0.478 e. The molecule has 1 aromatic rings. The van der Waals surface area contributed by atoms with Gasteiger partial charge in [0.1, 0.15) is 0 Å². The first-order valence-corrected chi connectivity index (χ1v) is 5.23. The summed E-state index contributed by atoms with van der Waals surface area (Å²) in [5.41, 5.74) is 0.493. The van der Waals surface area contributed by atoms with Gasteiger partial charge in [-0.05, 0) is 12.1 Å². The van der Waals surface area contributed by atoms with Gasteiger partial charge in [-0.2, -0.15) is 0 Å². The van der Waals surface area contributed by atoms with Gasteiger partial charge < -0.3 is 5.11 Å². The maximum Gasteiger partial charge on any atom is 0.337 e. The summed E-state index contributed by atoms with van der Waals surface area (Å²) in [7, 11) is 0. The van der Waals surface area contributed by atoms with E-state index in [9.17, 15) is 4.79 Å². The lowest BCUT2D eigenvalue weighted by Crippen LogP contribution is -2.00. The molecular weight excluding hydrogens is 267 g/mol. The number of benzene rings is 1. The van der Waals surface area contributed by atoms with E-state index in [2.05, 4.69) is 27.8 Å². The van der Waals surface area contributed by atoms with E-state index < -0.39 is 5.97 Å². The van der Waals surface area contributed by atoms with E-state index in [-0.39, 0.29) is 5.56 Å². The van der Waals surface area contributed by atoms with Gasteiger partial charge in [0.15, 0.2) is 0 Å². The average molecular weight is 274 g/mol. The predicted molar refractivity (Wildman–Crippen MR) is 59.1 cm³/mol. The Morgan fingerprint density at radius 1 is 1.57 bits per heavy atom. The monoisotopic (exact) mass is 272 g/mol. The van der Waals surface area contributed by atoms with Gasteiger partial charge in [0.05, 0.1) is 21.5 Å². The van der Waals surface area contributed by atoms with Crippen LogP contribution in [-0.2, 0) is 0 Å². The van der Waals surface area contributed by atoms with Crippen LogP contribution in [0, 0.1) is 11.8 Å². The normalized spacial score (nSPS) is 9.00. The molecule has 1 rings (SSSR count). The molecule has 14 heavy (non-hydrogen) atoms. The molecule has 0 aromatic heterocycles. The number of hydrogen-bond donors (Lipinski definition) is 1. The van der Waals surface area contributed by atoms with Crippen LogP contribution in [0.2, 0.25) is 5.02 Å². The van der Waals surface area contributed by atoms with Crippen LogP contribution in [0.25, 0.3) is 0 Å². The number of carboxylic acid groups (broad SMARTS) is 1. The zero-order valence-corrected chi connectivity index (χ0v) is 9.39. The average Bonchev–Trinajstić information content (AvgIpc) is 2.15. The van der Waals surface area contributed by atoms with Gasteiger partial charge in [-0.25, -0.2) is 4.79 Å². The summed E-state index contributed by atoms with van der Waals surface area (Å²) in [6.45, 7) is 0. The third kappa shape index (κ3) is 2.50. The van der Waals surface area contributed by atoms with Crippen LogP contribution in [0.15, 0.2) is 18.2 Å². The first kappa shape index (κ1) is 11.1. The fourth-order valence-electron chi connectivity index (χ4n) is 0.951. The first-order valence-electron chi connectivity index (χ1n) is 3.73. The molecule has 0 atom stereocenters. The molecule has 0 aliphatic carbocycles. The molecule has 4 heteroatoms. The molecule has 72 valence electrons. The smallest absolute Gasteiger partial charge is 0.337 e. The third-order valence-electron chi connectivity index (χ3n) is 1.52. The number of hydrogen-bond acceptors (Lipinski definition) is 1. The van der Waals surface area contributed by atoms with Crippen molar-refractivity contribution < 1.29 is 9.90 Å². The molecule has 2 nitrogen and oxygen atoms in total. The molecule has 0 unspecified atom stereocenters. The minimum atomic E-state index is -1.02.